The van der Waals surface area contributed by atoms with E-state index >= 15 is 0 Å². The van der Waals surface area contributed by atoms with Crippen molar-refractivity contribution in [2.45, 2.75) is 52.5 Å². The van der Waals surface area contributed by atoms with E-state index in [2.05, 4.69) is 19.2 Å². The lowest BCUT2D eigenvalue weighted by Gasteiger charge is -2.34. The van der Waals surface area contributed by atoms with Crippen molar-refractivity contribution in [2.75, 3.05) is 6.54 Å². The Hall–Kier alpha value is -0.600. The molecular formula is C17H25ClFN. The first kappa shape index (κ1) is 15.8. The molecule has 1 N–H and O–H groups in total. The highest BCUT2D eigenvalue weighted by molar-refractivity contribution is 6.31. The van der Waals surface area contributed by atoms with Crippen LogP contribution >= 0.6 is 11.6 Å². The molecular weight excluding hydrogens is 273 g/mol. The minimum absolute atomic E-state index is 0.216. The molecule has 0 heterocycles. The summed E-state index contributed by atoms with van der Waals surface area (Å²) in [6.45, 7) is 7.15. The van der Waals surface area contributed by atoms with E-state index in [0.29, 0.717) is 16.5 Å². The molecule has 1 saturated carbocycles. The molecule has 1 unspecified atom stereocenters. The topological polar surface area (TPSA) is 12.0 Å². The van der Waals surface area contributed by atoms with Crippen LogP contribution in [0.2, 0.25) is 5.02 Å². The van der Waals surface area contributed by atoms with Crippen LogP contribution in [0.4, 0.5) is 4.39 Å². The minimum atomic E-state index is -0.216. The van der Waals surface area contributed by atoms with Gasteiger partial charge in [-0.1, -0.05) is 44.4 Å². The van der Waals surface area contributed by atoms with E-state index in [1.807, 2.05) is 6.07 Å². The maximum absolute atomic E-state index is 13.6. The molecule has 1 aliphatic rings. The Morgan fingerprint density at radius 2 is 1.95 bits per heavy atom. The normalized spacial score (nSPS) is 24.6. The molecule has 112 valence electrons. The summed E-state index contributed by atoms with van der Waals surface area (Å²) in [5, 5.41) is 4.12. The van der Waals surface area contributed by atoms with Crippen LogP contribution < -0.4 is 5.32 Å². The number of nitrogens with one attached hydrogen (secondary N) is 1. The predicted molar refractivity (Wildman–Crippen MR) is 83.7 cm³/mol. The molecule has 0 aliphatic heterocycles. The zero-order chi connectivity index (χ0) is 14.7. The second-order valence-electron chi connectivity index (χ2n) is 6.18. The molecule has 0 saturated heterocycles. The van der Waals surface area contributed by atoms with E-state index in [0.717, 1.165) is 18.0 Å². The summed E-state index contributed by atoms with van der Waals surface area (Å²) in [6, 6.07) is 3.63. The first-order valence-electron chi connectivity index (χ1n) is 7.71. The first-order chi connectivity index (χ1) is 9.52. The lowest BCUT2D eigenvalue weighted by atomic mass is 9.77. The average Bonchev–Trinajstić information content (AvgIpc) is 2.42. The molecule has 0 bridgehead atoms. The van der Waals surface area contributed by atoms with E-state index in [1.165, 1.54) is 31.7 Å². The van der Waals surface area contributed by atoms with Crippen LogP contribution in [0.25, 0.3) is 0 Å². The van der Waals surface area contributed by atoms with Crippen molar-refractivity contribution in [3.05, 3.63) is 34.1 Å². The average molecular weight is 298 g/mol. The van der Waals surface area contributed by atoms with Gasteiger partial charge in [0.15, 0.2) is 0 Å². The third kappa shape index (κ3) is 3.53. The quantitative estimate of drug-likeness (QED) is 0.799. The molecule has 1 nitrogen and oxygen atoms in total. The summed E-state index contributed by atoms with van der Waals surface area (Å²) >= 11 is 6.30. The molecule has 0 radical (unpaired) electrons. The fourth-order valence-corrected chi connectivity index (χ4v) is 3.56. The third-order valence-electron chi connectivity index (χ3n) is 4.57. The van der Waals surface area contributed by atoms with Gasteiger partial charge in [-0.3, -0.25) is 0 Å². The van der Waals surface area contributed by atoms with Crippen molar-refractivity contribution < 1.29 is 4.39 Å². The van der Waals surface area contributed by atoms with Gasteiger partial charge in [-0.2, -0.15) is 0 Å². The van der Waals surface area contributed by atoms with Gasteiger partial charge in [0, 0.05) is 11.1 Å². The van der Waals surface area contributed by atoms with Crippen LogP contribution in [0.15, 0.2) is 12.1 Å². The molecule has 0 amide bonds. The maximum atomic E-state index is 13.6. The third-order valence-corrected chi connectivity index (χ3v) is 4.90. The molecule has 1 aromatic carbocycles. The van der Waals surface area contributed by atoms with E-state index < -0.39 is 0 Å². The van der Waals surface area contributed by atoms with Crippen LogP contribution in [0, 0.1) is 24.6 Å². The van der Waals surface area contributed by atoms with Crippen LogP contribution in [0.1, 0.15) is 56.7 Å². The van der Waals surface area contributed by atoms with Crippen LogP contribution in [-0.2, 0) is 0 Å². The van der Waals surface area contributed by atoms with E-state index in [1.54, 1.807) is 6.92 Å². The molecule has 2 rings (SSSR count). The Kier molecular flexibility index (Phi) is 5.45. The summed E-state index contributed by atoms with van der Waals surface area (Å²) in [7, 11) is 0. The first-order valence-corrected chi connectivity index (χ1v) is 8.09. The number of rotatable bonds is 4. The zero-order valence-corrected chi connectivity index (χ0v) is 13.4. The fraction of sp³-hybridized carbons (Fsp3) is 0.647. The predicted octanol–water partition coefficient (Wildman–Crippen LogP) is 5.26. The highest BCUT2D eigenvalue weighted by Crippen LogP contribution is 2.39. The lowest BCUT2D eigenvalue weighted by molar-refractivity contribution is 0.233. The van der Waals surface area contributed by atoms with E-state index in [4.69, 9.17) is 11.6 Å². The summed E-state index contributed by atoms with van der Waals surface area (Å²) in [4.78, 5) is 0. The van der Waals surface area contributed by atoms with E-state index in [-0.39, 0.29) is 11.9 Å². The highest BCUT2D eigenvalue weighted by atomic mass is 35.5. The summed E-state index contributed by atoms with van der Waals surface area (Å²) in [5.74, 6) is 1.22. The van der Waals surface area contributed by atoms with Crippen molar-refractivity contribution >= 4 is 11.6 Å². The Morgan fingerprint density at radius 1 is 1.30 bits per heavy atom. The Balaban J connectivity index is 2.26. The summed E-state index contributed by atoms with van der Waals surface area (Å²) in [6.07, 6.45) is 5.02. The highest BCUT2D eigenvalue weighted by Gasteiger charge is 2.28. The summed E-state index contributed by atoms with van der Waals surface area (Å²) in [5.41, 5.74) is 1.74. The standard InChI is InChI=1S/C17H25ClFN/c1-4-20-17(13-7-5-11(2)6-8-13)14-9-12(3)16(19)10-15(14)18/h9-11,13,17,20H,4-8H2,1-3H3. The van der Waals surface area contributed by atoms with Gasteiger partial charge in [-0.15, -0.1) is 0 Å². The number of halogens is 2. The molecule has 1 aliphatic carbocycles. The van der Waals surface area contributed by atoms with Gasteiger partial charge in [-0.05, 0) is 55.3 Å². The van der Waals surface area contributed by atoms with Gasteiger partial charge in [0.2, 0.25) is 0 Å². The number of hydrogen-bond acceptors (Lipinski definition) is 1. The smallest absolute Gasteiger partial charge is 0.127 e. The largest absolute Gasteiger partial charge is 0.310 e. The second kappa shape index (κ2) is 6.91. The maximum Gasteiger partial charge on any atom is 0.127 e. The monoisotopic (exact) mass is 297 g/mol. The Morgan fingerprint density at radius 3 is 2.55 bits per heavy atom. The number of aryl methyl sites for hydroxylation is 1. The minimum Gasteiger partial charge on any atom is -0.310 e. The van der Waals surface area contributed by atoms with Crippen molar-refractivity contribution in [1.29, 1.82) is 0 Å². The van der Waals surface area contributed by atoms with Crippen molar-refractivity contribution in [3.63, 3.8) is 0 Å². The SMILES string of the molecule is CCNC(c1cc(C)c(F)cc1Cl)C1CCC(C)CC1. The Bertz CT molecular complexity index is 453. The van der Waals surface area contributed by atoms with Gasteiger partial charge in [-0.25, -0.2) is 4.39 Å². The van der Waals surface area contributed by atoms with E-state index in [9.17, 15) is 4.39 Å². The molecule has 1 atom stereocenters. The molecule has 0 spiro atoms. The van der Waals surface area contributed by atoms with Crippen molar-refractivity contribution in [1.82, 2.24) is 5.32 Å². The van der Waals surface area contributed by atoms with Crippen LogP contribution in [-0.4, -0.2) is 6.54 Å². The molecule has 1 fully saturated rings. The van der Waals surface area contributed by atoms with Gasteiger partial charge in [0.25, 0.3) is 0 Å². The molecule has 1 aromatic rings. The number of benzene rings is 1. The lowest BCUT2D eigenvalue weighted by Crippen LogP contribution is -2.31. The molecule has 3 heteroatoms. The van der Waals surface area contributed by atoms with Crippen LogP contribution in [0.5, 0.6) is 0 Å². The zero-order valence-electron chi connectivity index (χ0n) is 12.7. The van der Waals surface area contributed by atoms with Crippen LogP contribution in [0.3, 0.4) is 0 Å². The van der Waals surface area contributed by atoms with Gasteiger partial charge in [0.05, 0.1) is 0 Å². The van der Waals surface area contributed by atoms with Gasteiger partial charge >= 0.3 is 0 Å². The van der Waals surface area contributed by atoms with Gasteiger partial charge < -0.3 is 5.32 Å². The molecule has 0 aromatic heterocycles. The summed E-state index contributed by atoms with van der Waals surface area (Å²) < 4.78 is 13.6. The molecule has 20 heavy (non-hydrogen) atoms. The van der Waals surface area contributed by atoms with Crippen molar-refractivity contribution in [3.8, 4) is 0 Å². The fourth-order valence-electron chi connectivity index (χ4n) is 3.29. The second-order valence-corrected chi connectivity index (χ2v) is 6.59. The Labute approximate surface area is 126 Å². The number of hydrogen-bond donors (Lipinski definition) is 1. The van der Waals surface area contributed by atoms with Crippen molar-refractivity contribution in [2.24, 2.45) is 11.8 Å². The van der Waals surface area contributed by atoms with Gasteiger partial charge in [0.1, 0.15) is 5.82 Å².